The van der Waals surface area contributed by atoms with Gasteiger partial charge in [0.1, 0.15) is 28.9 Å². The van der Waals surface area contributed by atoms with Crippen molar-refractivity contribution in [1.82, 2.24) is 40.2 Å². The molecule has 0 bridgehead atoms. The summed E-state index contributed by atoms with van der Waals surface area (Å²) in [5, 5.41) is 5.93. The zero-order valence-corrected chi connectivity index (χ0v) is 19.9. The van der Waals surface area contributed by atoms with E-state index >= 15 is 0 Å². The average molecular weight is 519 g/mol. The third kappa shape index (κ3) is 5.26. The number of hydrogen-bond donors (Lipinski definition) is 3. The highest BCUT2D eigenvalue weighted by molar-refractivity contribution is 5.92. The van der Waals surface area contributed by atoms with Gasteiger partial charge in [-0.1, -0.05) is 12.1 Å². The number of rotatable bonds is 7. The molecule has 4 aromatic heterocycles. The summed E-state index contributed by atoms with van der Waals surface area (Å²) in [6.07, 6.45) is 2.92. The van der Waals surface area contributed by atoms with Gasteiger partial charge in [0.25, 0.3) is 5.91 Å². The molecule has 3 N–H and O–H groups in total. The standard InChI is InChI=1S/C25H20F3N9O/c1-14-2-3-15(4-6-32-24(38)18-11-16(5-7-29-18)25(26,27)28)10-17(14)37-23-21(30-8-9-31-23)19-20-22(35-12-33-19)36-13-34-20/h2-3,5,7-13H,4,6H2,1H3,(H,31,37)(H,32,38)(H,33,34,35,36). The summed E-state index contributed by atoms with van der Waals surface area (Å²) in [5.41, 5.74) is 3.57. The highest BCUT2D eigenvalue weighted by atomic mass is 19.4. The number of halogens is 3. The minimum absolute atomic E-state index is 0.203. The number of aromatic nitrogens is 7. The summed E-state index contributed by atoms with van der Waals surface area (Å²) >= 11 is 0. The van der Waals surface area contributed by atoms with Gasteiger partial charge in [-0.15, -0.1) is 0 Å². The van der Waals surface area contributed by atoms with Crippen LogP contribution < -0.4 is 10.6 Å². The summed E-state index contributed by atoms with van der Waals surface area (Å²) in [7, 11) is 0. The first kappa shape index (κ1) is 24.7. The number of carbonyl (C=O) groups excluding carboxylic acids is 1. The number of imidazole rings is 1. The van der Waals surface area contributed by atoms with Gasteiger partial charge in [0.05, 0.1) is 11.9 Å². The van der Waals surface area contributed by atoms with E-state index in [1.165, 1.54) is 12.7 Å². The SMILES string of the molecule is Cc1ccc(CCNC(=O)c2cc(C(F)(F)F)ccn2)cc1Nc1nccnc1-c1ncnc2nc[nH]c12. The first-order valence-electron chi connectivity index (χ1n) is 11.4. The van der Waals surface area contributed by atoms with Gasteiger partial charge in [-0.2, -0.15) is 13.2 Å². The van der Waals surface area contributed by atoms with E-state index in [4.69, 9.17) is 0 Å². The van der Waals surface area contributed by atoms with Crippen LogP contribution in [0.4, 0.5) is 24.7 Å². The van der Waals surface area contributed by atoms with Crippen molar-refractivity contribution in [2.75, 3.05) is 11.9 Å². The number of fused-ring (bicyclic) bond motifs is 1. The number of carbonyl (C=O) groups is 1. The van der Waals surface area contributed by atoms with Crippen LogP contribution in [0.1, 0.15) is 27.2 Å². The van der Waals surface area contributed by atoms with E-state index < -0.39 is 17.6 Å². The lowest BCUT2D eigenvalue weighted by molar-refractivity contribution is -0.137. The third-order valence-corrected chi connectivity index (χ3v) is 5.72. The molecule has 0 fully saturated rings. The van der Waals surface area contributed by atoms with Crippen molar-refractivity contribution in [3.8, 4) is 11.4 Å². The number of nitrogens with zero attached hydrogens (tertiary/aromatic N) is 6. The van der Waals surface area contributed by atoms with Crippen molar-refractivity contribution in [2.24, 2.45) is 0 Å². The number of aryl methyl sites for hydroxylation is 1. The average Bonchev–Trinajstić information content (AvgIpc) is 3.40. The van der Waals surface area contributed by atoms with Crippen LogP contribution in [-0.2, 0) is 12.6 Å². The molecule has 0 aliphatic carbocycles. The Hall–Kier alpha value is -4.94. The molecule has 0 aliphatic heterocycles. The van der Waals surface area contributed by atoms with Gasteiger partial charge in [0.2, 0.25) is 0 Å². The monoisotopic (exact) mass is 519 g/mol. The summed E-state index contributed by atoms with van der Waals surface area (Å²) in [6, 6.07) is 7.29. The molecule has 0 atom stereocenters. The molecule has 192 valence electrons. The van der Waals surface area contributed by atoms with Crippen LogP contribution in [0.3, 0.4) is 0 Å². The molecule has 4 heterocycles. The van der Waals surface area contributed by atoms with Crippen LogP contribution in [0.2, 0.25) is 0 Å². The van der Waals surface area contributed by atoms with Crippen molar-refractivity contribution in [2.45, 2.75) is 19.5 Å². The van der Waals surface area contributed by atoms with Crippen molar-refractivity contribution in [3.05, 3.63) is 84.0 Å². The largest absolute Gasteiger partial charge is 0.416 e. The van der Waals surface area contributed by atoms with Crippen LogP contribution in [0, 0.1) is 6.92 Å². The van der Waals surface area contributed by atoms with E-state index in [0.29, 0.717) is 34.8 Å². The molecule has 38 heavy (non-hydrogen) atoms. The number of nitrogens with one attached hydrogen (secondary N) is 3. The Morgan fingerprint density at radius 2 is 1.79 bits per heavy atom. The van der Waals surface area contributed by atoms with Crippen LogP contribution in [0.15, 0.2) is 61.6 Å². The van der Waals surface area contributed by atoms with E-state index in [-0.39, 0.29) is 12.2 Å². The maximum atomic E-state index is 12.9. The fourth-order valence-electron chi connectivity index (χ4n) is 3.78. The fourth-order valence-corrected chi connectivity index (χ4v) is 3.78. The smallest absolute Gasteiger partial charge is 0.350 e. The van der Waals surface area contributed by atoms with Gasteiger partial charge in [-0.25, -0.2) is 24.9 Å². The molecule has 0 unspecified atom stereocenters. The second-order valence-electron chi connectivity index (χ2n) is 8.28. The molecule has 0 saturated heterocycles. The van der Waals surface area contributed by atoms with Crippen molar-refractivity contribution >= 4 is 28.6 Å². The molecule has 5 aromatic rings. The number of hydrogen-bond acceptors (Lipinski definition) is 8. The Morgan fingerprint density at radius 3 is 2.63 bits per heavy atom. The maximum Gasteiger partial charge on any atom is 0.416 e. The van der Waals surface area contributed by atoms with Gasteiger partial charge >= 0.3 is 6.18 Å². The first-order chi connectivity index (χ1) is 18.3. The number of pyridine rings is 1. The molecule has 0 radical (unpaired) electrons. The summed E-state index contributed by atoms with van der Waals surface area (Å²) in [5.74, 6) is -0.202. The number of amides is 1. The predicted molar refractivity (Wildman–Crippen MR) is 132 cm³/mol. The minimum atomic E-state index is -4.55. The van der Waals surface area contributed by atoms with E-state index in [0.717, 1.165) is 35.1 Å². The van der Waals surface area contributed by atoms with Crippen LogP contribution >= 0.6 is 0 Å². The quantitative estimate of drug-likeness (QED) is 0.291. The lowest BCUT2D eigenvalue weighted by Crippen LogP contribution is -2.27. The lowest BCUT2D eigenvalue weighted by Gasteiger charge is -2.14. The summed E-state index contributed by atoms with van der Waals surface area (Å²) in [6.45, 7) is 2.13. The predicted octanol–water partition coefficient (Wildman–Crippen LogP) is 4.25. The van der Waals surface area contributed by atoms with Gasteiger partial charge in [-0.3, -0.25) is 9.78 Å². The molecule has 0 spiro atoms. The highest BCUT2D eigenvalue weighted by Crippen LogP contribution is 2.30. The molecular weight excluding hydrogens is 499 g/mol. The van der Waals surface area contributed by atoms with Crippen LogP contribution in [-0.4, -0.2) is 47.3 Å². The van der Waals surface area contributed by atoms with Crippen molar-refractivity contribution in [3.63, 3.8) is 0 Å². The zero-order chi connectivity index (χ0) is 26.7. The number of benzene rings is 1. The number of H-pyrrole nitrogens is 1. The van der Waals surface area contributed by atoms with Crippen molar-refractivity contribution < 1.29 is 18.0 Å². The summed E-state index contributed by atoms with van der Waals surface area (Å²) < 4.78 is 38.8. The molecule has 5 rings (SSSR count). The van der Waals surface area contributed by atoms with Crippen molar-refractivity contribution in [1.29, 1.82) is 0 Å². The normalized spacial score (nSPS) is 11.5. The van der Waals surface area contributed by atoms with Crippen LogP contribution in [0.5, 0.6) is 0 Å². The highest BCUT2D eigenvalue weighted by Gasteiger charge is 2.31. The molecule has 10 nitrogen and oxygen atoms in total. The number of alkyl halides is 3. The van der Waals surface area contributed by atoms with E-state index in [9.17, 15) is 18.0 Å². The van der Waals surface area contributed by atoms with Gasteiger partial charge < -0.3 is 15.6 Å². The number of anilines is 2. The Bertz CT molecular complexity index is 1620. The first-order valence-corrected chi connectivity index (χ1v) is 11.4. The molecule has 0 saturated carbocycles. The Morgan fingerprint density at radius 1 is 0.947 bits per heavy atom. The second-order valence-corrected chi connectivity index (χ2v) is 8.28. The molecular formula is C25H20F3N9O. The third-order valence-electron chi connectivity index (χ3n) is 5.72. The maximum absolute atomic E-state index is 12.9. The van der Waals surface area contributed by atoms with Gasteiger partial charge in [0.15, 0.2) is 11.5 Å². The molecule has 1 aromatic carbocycles. The van der Waals surface area contributed by atoms with E-state index in [1.54, 1.807) is 12.4 Å². The molecule has 0 aliphatic rings. The Kier molecular flexibility index (Phi) is 6.64. The van der Waals surface area contributed by atoms with Gasteiger partial charge in [0, 0.05) is 30.8 Å². The second kappa shape index (κ2) is 10.2. The zero-order valence-electron chi connectivity index (χ0n) is 19.9. The van der Waals surface area contributed by atoms with E-state index in [1.807, 2.05) is 25.1 Å². The molecule has 1 amide bonds. The Labute approximate surface area is 213 Å². The fraction of sp³-hybridized carbons (Fsp3) is 0.160. The number of aromatic amines is 1. The topological polar surface area (TPSA) is 134 Å². The minimum Gasteiger partial charge on any atom is -0.350 e. The molecule has 13 heteroatoms. The van der Waals surface area contributed by atoms with Crippen LogP contribution in [0.25, 0.3) is 22.6 Å². The summed E-state index contributed by atoms with van der Waals surface area (Å²) in [4.78, 5) is 40.7. The Balaban J connectivity index is 1.30. The lowest BCUT2D eigenvalue weighted by atomic mass is 10.1. The van der Waals surface area contributed by atoms with E-state index in [2.05, 4.69) is 45.5 Å². The van der Waals surface area contributed by atoms with Gasteiger partial charge in [-0.05, 0) is 42.7 Å².